The number of aromatic nitrogens is 2. The third kappa shape index (κ3) is 3.20. The molecule has 0 radical (unpaired) electrons. The normalized spacial score (nSPS) is 14.2. The summed E-state index contributed by atoms with van der Waals surface area (Å²) in [5.74, 6) is -0.135. The van der Waals surface area contributed by atoms with Gasteiger partial charge in [-0.2, -0.15) is 0 Å². The second-order valence-corrected chi connectivity index (χ2v) is 6.64. The number of hydrogen-bond donors (Lipinski definition) is 0. The first kappa shape index (κ1) is 18.6. The summed E-state index contributed by atoms with van der Waals surface area (Å²) in [6.45, 7) is 4.72. The van der Waals surface area contributed by atoms with Crippen molar-refractivity contribution in [2.75, 3.05) is 0 Å². The lowest BCUT2D eigenvalue weighted by Gasteiger charge is -2.20. The van der Waals surface area contributed by atoms with Crippen LogP contribution in [-0.4, -0.2) is 38.9 Å². The predicted octanol–water partition coefficient (Wildman–Crippen LogP) is 2.67. The Labute approximate surface area is 165 Å². The molecule has 0 unspecified atom stereocenters. The molecule has 3 aromatic rings. The topological polar surface area (TPSA) is 116 Å². The Bertz CT molecular complexity index is 1090. The largest absolute Gasteiger partial charge is 0.466 e. The minimum atomic E-state index is -1.09. The number of nitrogens with zero attached hydrogens (tertiary/aromatic N) is 3. The summed E-state index contributed by atoms with van der Waals surface area (Å²) in [5, 5.41) is 7.78. The van der Waals surface area contributed by atoms with Crippen molar-refractivity contribution in [3.63, 3.8) is 0 Å². The number of amides is 2. The second kappa shape index (κ2) is 7.01. The van der Waals surface area contributed by atoms with E-state index in [1.54, 1.807) is 44.2 Å². The molecule has 0 saturated heterocycles. The molecule has 1 aliphatic rings. The van der Waals surface area contributed by atoms with Gasteiger partial charge in [0.15, 0.2) is 6.61 Å². The quantitative estimate of drug-likeness (QED) is 0.478. The number of fused-ring (bicyclic) bond motifs is 1. The van der Waals surface area contributed by atoms with Crippen LogP contribution in [0.25, 0.3) is 11.5 Å². The van der Waals surface area contributed by atoms with Crippen LogP contribution in [0.15, 0.2) is 39.2 Å². The number of ether oxygens (including phenoxy) is 1. The zero-order valence-electron chi connectivity index (χ0n) is 16.0. The van der Waals surface area contributed by atoms with Crippen LogP contribution in [0.4, 0.5) is 0 Å². The summed E-state index contributed by atoms with van der Waals surface area (Å²) >= 11 is 0. The number of aryl methyl sites for hydroxylation is 2. The van der Waals surface area contributed by atoms with Crippen LogP contribution in [0.2, 0.25) is 0 Å². The predicted molar refractivity (Wildman–Crippen MR) is 97.7 cm³/mol. The smallest absolute Gasteiger partial charge is 0.329 e. The Morgan fingerprint density at radius 3 is 2.31 bits per heavy atom. The van der Waals surface area contributed by atoms with Gasteiger partial charge in [0, 0.05) is 0 Å². The molecule has 1 aliphatic heterocycles. The van der Waals surface area contributed by atoms with E-state index in [9.17, 15) is 14.4 Å². The van der Waals surface area contributed by atoms with Gasteiger partial charge in [0.25, 0.3) is 23.6 Å². The number of furan rings is 1. The first-order valence-electron chi connectivity index (χ1n) is 8.90. The summed E-state index contributed by atoms with van der Waals surface area (Å²) in [5.41, 5.74) is 1.20. The molecule has 2 amide bonds. The summed E-state index contributed by atoms with van der Waals surface area (Å²) < 4.78 is 16.1. The SMILES string of the molecule is Cc1cc(-c2nnc(COC(=O)[C@@H](C)N3C(=O)c4ccccc4C3=O)o2)c(C)o1. The van der Waals surface area contributed by atoms with Crippen LogP contribution in [0.1, 0.15) is 45.1 Å². The molecule has 0 aliphatic carbocycles. The van der Waals surface area contributed by atoms with Crippen LogP contribution in [-0.2, 0) is 16.1 Å². The van der Waals surface area contributed by atoms with Crippen molar-refractivity contribution in [3.05, 3.63) is 58.9 Å². The highest BCUT2D eigenvalue weighted by Gasteiger charge is 2.41. The maximum Gasteiger partial charge on any atom is 0.329 e. The van der Waals surface area contributed by atoms with E-state index in [0.29, 0.717) is 17.1 Å². The van der Waals surface area contributed by atoms with Crippen molar-refractivity contribution in [3.8, 4) is 11.5 Å². The fraction of sp³-hybridized carbons (Fsp3) is 0.250. The molecule has 0 bridgehead atoms. The Hall–Kier alpha value is -3.75. The molecule has 29 heavy (non-hydrogen) atoms. The Kier molecular flexibility index (Phi) is 4.50. The molecule has 3 heterocycles. The zero-order chi connectivity index (χ0) is 20.7. The van der Waals surface area contributed by atoms with E-state index in [1.807, 2.05) is 0 Å². The lowest BCUT2D eigenvalue weighted by Crippen LogP contribution is -2.43. The maximum atomic E-state index is 12.5. The number of hydrogen-bond acceptors (Lipinski definition) is 8. The van der Waals surface area contributed by atoms with E-state index in [1.165, 1.54) is 6.92 Å². The Morgan fingerprint density at radius 1 is 1.07 bits per heavy atom. The van der Waals surface area contributed by atoms with Gasteiger partial charge in [-0.1, -0.05) is 12.1 Å². The van der Waals surface area contributed by atoms with Gasteiger partial charge in [0.2, 0.25) is 0 Å². The molecule has 0 N–H and O–H groups in total. The standard InChI is InChI=1S/C20H17N3O6/c1-10-8-15(12(3)28-10)17-22-21-16(29-17)9-27-20(26)11(2)23-18(24)13-6-4-5-7-14(13)19(23)25/h4-8,11H,9H2,1-3H3/t11-/m1/s1. The van der Waals surface area contributed by atoms with Gasteiger partial charge in [0.05, 0.1) is 16.7 Å². The molecular formula is C20H17N3O6. The number of esters is 1. The van der Waals surface area contributed by atoms with Crippen molar-refractivity contribution in [2.45, 2.75) is 33.4 Å². The monoisotopic (exact) mass is 395 g/mol. The van der Waals surface area contributed by atoms with Gasteiger partial charge < -0.3 is 13.6 Å². The van der Waals surface area contributed by atoms with Crippen LogP contribution in [0.5, 0.6) is 0 Å². The summed E-state index contributed by atoms with van der Waals surface area (Å²) in [7, 11) is 0. The van der Waals surface area contributed by atoms with Gasteiger partial charge in [-0.05, 0) is 39.0 Å². The molecule has 0 saturated carbocycles. The fourth-order valence-corrected chi connectivity index (χ4v) is 3.18. The second-order valence-electron chi connectivity index (χ2n) is 6.64. The van der Waals surface area contributed by atoms with Gasteiger partial charge in [-0.3, -0.25) is 14.5 Å². The number of imide groups is 1. The van der Waals surface area contributed by atoms with Gasteiger partial charge in [-0.15, -0.1) is 10.2 Å². The lowest BCUT2D eigenvalue weighted by atomic mass is 10.1. The van der Waals surface area contributed by atoms with Crippen LogP contribution >= 0.6 is 0 Å². The molecule has 148 valence electrons. The van der Waals surface area contributed by atoms with Crippen molar-refractivity contribution < 1.29 is 28.0 Å². The van der Waals surface area contributed by atoms with Crippen molar-refractivity contribution in [1.82, 2.24) is 15.1 Å². The van der Waals surface area contributed by atoms with Crippen LogP contribution in [0.3, 0.4) is 0 Å². The average Bonchev–Trinajstić information content (AvgIpc) is 3.37. The van der Waals surface area contributed by atoms with E-state index >= 15 is 0 Å². The first-order chi connectivity index (χ1) is 13.9. The maximum absolute atomic E-state index is 12.5. The Morgan fingerprint density at radius 2 is 1.72 bits per heavy atom. The van der Waals surface area contributed by atoms with Gasteiger partial charge >= 0.3 is 5.97 Å². The summed E-state index contributed by atoms with van der Waals surface area (Å²) in [6.07, 6.45) is 0. The van der Waals surface area contributed by atoms with E-state index in [4.69, 9.17) is 13.6 Å². The van der Waals surface area contributed by atoms with Gasteiger partial charge in [-0.25, -0.2) is 4.79 Å². The molecule has 9 heteroatoms. The van der Waals surface area contributed by atoms with E-state index in [2.05, 4.69) is 10.2 Å². The van der Waals surface area contributed by atoms with E-state index in [-0.39, 0.29) is 29.5 Å². The molecular weight excluding hydrogens is 378 g/mol. The summed E-state index contributed by atoms with van der Waals surface area (Å²) in [4.78, 5) is 38.2. The van der Waals surface area contributed by atoms with E-state index < -0.39 is 23.8 Å². The highest BCUT2D eigenvalue weighted by atomic mass is 16.5. The third-order valence-corrected chi connectivity index (χ3v) is 4.63. The highest BCUT2D eigenvalue weighted by molar-refractivity contribution is 6.22. The molecule has 1 atom stereocenters. The first-order valence-corrected chi connectivity index (χ1v) is 8.90. The number of carbonyl (C=O) groups excluding carboxylic acids is 3. The third-order valence-electron chi connectivity index (χ3n) is 4.63. The van der Waals surface area contributed by atoms with Gasteiger partial charge in [0.1, 0.15) is 17.6 Å². The fourth-order valence-electron chi connectivity index (χ4n) is 3.18. The number of carbonyl (C=O) groups is 3. The number of benzene rings is 1. The Balaban J connectivity index is 1.42. The van der Waals surface area contributed by atoms with Crippen molar-refractivity contribution in [2.24, 2.45) is 0 Å². The minimum Gasteiger partial charge on any atom is -0.466 e. The molecule has 2 aromatic heterocycles. The molecule has 4 rings (SSSR count). The minimum absolute atomic E-state index is 0.0844. The summed E-state index contributed by atoms with van der Waals surface area (Å²) in [6, 6.07) is 7.09. The average molecular weight is 395 g/mol. The lowest BCUT2D eigenvalue weighted by molar-refractivity contribution is -0.149. The molecule has 0 fully saturated rings. The number of rotatable bonds is 5. The molecule has 9 nitrogen and oxygen atoms in total. The zero-order valence-corrected chi connectivity index (χ0v) is 16.0. The van der Waals surface area contributed by atoms with E-state index in [0.717, 1.165) is 4.90 Å². The van der Waals surface area contributed by atoms with Crippen molar-refractivity contribution in [1.29, 1.82) is 0 Å². The van der Waals surface area contributed by atoms with Crippen LogP contribution in [0, 0.1) is 13.8 Å². The highest BCUT2D eigenvalue weighted by Crippen LogP contribution is 2.26. The van der Waals surface area contributed by atoms with Crippen LogP contribution < -0.4 is 0 Å². The van der Waals surface area contributed by atoms with Crippen molar-refractivity contribution >= 4 is 17.8 Å². The molecule has 0 spiro atoms. The molecule has 1 aromatic carbocycles.